The number of amides is 1. The molecule has 2 saturated heterocycles. The summed E-state index contributed by atoms with van der Waals surface area (Å²) in [6.07, 6.45) is 1.67. The number of carbonyl (C=O) groups excluding carboxylic acids is 1. The van der Waals surface area contributed by atoms with Gasteiger partial charge in [0.25, 0.3) is 11.6 Å². The van der Waals surface area contributed by atoms with Crippen LogP contribution in [0.25, 0.3) is 0 Å². The van der Waals surface area contributed by atoms with Crippen LogP contribution in [0, 0.1) is 16.0 Å². The lowest BCUT2D eigenvalue weighted by molar-refractivity contribution is -0.384. The minimum Gasteiger partial charge on any atom is -0.350 e. The second kappa shape index (κ2) is 6.41. The molecule has 1 unspecified atom stereocenters. The molecule has 0 spiro atoms. The minimum absolute atomic E-state index is 0.0131. The van der Waals surface area contributed by atoms with Gasteiger partial charge in [0, 0.05) is 36.7 Å². The number of nitro benzene ring substituents is 1. The molecule has 0 aromatic heterocycles. The first kappa shape index (κ1) is 14.9. The Kier molecular flexibility index (Phi) is 4.35. The van der Waals surface area contributed by atoms with E-state index in [4.69, 9.17) is 9.47 Å². The van der Waals surface area contributed by atoms with Gasteiger partial charge in [-0.2, -0.15) is 0 Å². The molecular weight excluding hydrogens is 288 g/mol. The van der Waals surface area contributed by atoms with Crippen molar-refractivity contribution in [3.8, 4) is 0 Å². The highest BCUT2D eigenvalue weighted by atomic mass is 16.7. The van der Waals surface area contributed by atoms with Crippen LogP contribution >= 0.6 is 0 Å². The van der Waals surface area contributed by atoms with Gasteiger partial charge in [-0.05, 0) is 25.0 Å². The molecule has 3 rings (SSSR count). The van der Waals surface area contributed by atoms with Crippen LogP contribution < -0.4 is 0 Å². The quantitative estimate of drug-likeness (QED) is 0.628. The average Bonchev–Trinajstić information content (AvgIpc) is 3.09. The highest BCUT2D eigenvalue weighted by Gasteiger charge is 2.33. The number of carbonyl (C=O) groups is 1. The topological polar surface area (TPSA) is 81.9 Å². The van der Waals surface area contributed by atoms with E-state index in [2.05, 4.69) is 0 Å². The number of hydrogen-bond donors (Lipinski definition) is 0. The maximum atomic E-state index is 12.5. The fourth-order valence-corrected chi connectivity index (χ4v) is 2.97. The lowest BCUT2D eigenvalue weighted by Gasteiger charge is -2.34. The molecule has 1 aromatic carbocycles. The molecule has 118 valence electrons. The van der Waals surface area contributed by atoms with Gasteiger partial charge in [0.15, 0.2) is 6.29 Å². The third-order valence-corrected chi connectivity index (χ3v) is 4.10. The van der Waals surface area contributed by atoms with E-state index >= 15 is 0 Å². The van der Waals surface area contributed by atoms with E-state index in [1.54, 1.807) is 4.90 Å². The van der Waals surface area contributed by atoms with Gasteiger partial charge in [0.05, 0.1) is 18.1 Å². The second-order valence-corrected chi connectivity index (χ2v) is 5.57. The van der Waals surface area contributed by atoms with E-state index < -0.39 is 4.92 Å². The van der Waals surface area contributed by atoms with Gasteiger partial charge in [0.2, 0.25) is 0 Å². The van der Waals surface area contributed by atoms with Crippen molar-refractivity contribution in [3.05, 3.63) is 39.9 Å². The van der Waals surface area contributed by atoms with Crippen LogP contribution in [0.15, 0.2) is 24.3 Å². The maximum absolute atomic E-state index is 12.5. The van der Waals surface area contributed by atoms with Crippen molar-refractivity contribution < 1.29 is 19.2 Å². The Bertz CT molecular complexity index is 554. The van der Waals surface area contributed by atoms with Gasteiger partial charge in [-0.1, -0.05) is 0 Å². The summed E-state index contributed by atoms with van der Waals surface area (Å²) in [6, 6.07) is 5.73. The molecule has 1 atom stereocenters. The highest BCUT2D eigenvalue weighted by molar-refractivity contribution is 5.94. The Morgan fingerprint density at radius 2 is 1.91 bits per heavy atom. The van der Waals surface area contributed by atoms with Crippen molar-refractivity contribution in [1.29, 1.82) is 0 Å². The molecule has 2 aliphatic rings. The Labute approximate surface area is 128 Å². The number of rotatable bonds is 3. The van der Waals surface area contributed by atoms with Crippen molar-refractivity contribution in [2.45, 2.75) is 19.1 Å². The maximum Gasteiger partial charge on any atom is 0.269 e. The van der Waals surface area contributed by atoms with Crippen LogP contribution in [0.3, 0.4) is 0 Å². The average molecular weight is 306 g/mol. The smallest absolute Gasteiger partial charge is 0.269 e. The summed E-state index contributed by atoms with van der Waals surface area (Å²) in [5, 5.41) is 10.7. The van der Waals surface area contributed by atoms with Crippen LogP contribution in [0.1, 0.15) is 23.2 Å². The number of nitro groups is 1. The van der Waals surface area contributed by atoms with Crippen LogP contribution in [0.4, 0.5) is 5.69 Å². The van der Waals surface area contributed by atoms with Crippen LogP contribution in [-0.4, -0.2) is 48.3 Å². The van der Waals surface area contributed by atoms with Crippen LogP contribution in [-0.2, 0) is 9.47 Å². The molecule has 2 heterocycles. The van der Waals surface area contributed by atoms with Gasteiger partial charge in [-0.25, -0.2) is 0 Å². The largest absolute Gasteiger partial charge is 0.350 e. The number of likely N-dealkylation sites (tertiary alicyclic amines) is 1. The van der Waals surface area contributed by atoms with Crippen molar-refractivity contribution >= 4 is 11.6 Å². The molecule has 0 aliphatic carbocycles. The number of ether oxygens (including phenoxy) is 2. The summed E-state index contributed by atoms with van der Waals surface area (Å²) in [5.41, 5.74) is 0.459. The SMILES string of the molecule is O=C(c1ccc([N+](=O)[O-])cc1)N1CCCC(C2OCCO2)C1. The molecular formula is C15H18N2O5. The second-order valence-electron chi connectivity index (χ2n) is 5.57. The zero-order chi connectivity index (χ0) is 15.5. The summed E-state index contributed by atoms with van der Waals surface area (Å²) in [4.78, 5) is 24.5. The van der Waals surface area contributed by atoms with E-state index in [1.807, 2.05) is 0 Å². The first-order valence-electron chi connectivity index (χ1n) is 7.42. The molecule has 7 nitrogen and oxygen atoms in total. The van der Waals surface area contributed by atoms with Crippen LogP contribution in [0.2, 0.25) is 0 Å². The summed E-state index contributed by atoms with van der Waals surface area (Å²) in [5.74, 6) is 0.0934. The third-order valence-electron chi connectivity index (χ3n) is 4.10. The summed E-state index contributed by atoms with van der Waals surface area (Å²) in [7, 11) is 0. The van der Waals surface area contributed by atoms with Gasteiger partial charge in [-0.15, -0.1) is 0 Å². The van der Waals surface area contributed by atoms with Crippen molar-refractivity contribution in [3.63, 3.8) is 0 Å². The molecule has 0 radical (unpaired) electrons. The van der Waals surface area contributed by atoms with Crippen molar-refractivity contribution in [2.75, 3.05) is 26.3 Å². The van der Waals surface area contributed by atoms with E-state index in [9.17, 15) is 14.9 Å². The Morgan fingerprint density at radius 1 is 1.23 bits per heavy atom. The van der Waals surface area contributed by atoms with E-state index in [0.29, 0.717) is 31.9 Å². The van der Waals surface area contributed by atoms with Gasteiger partial charge in [-0.3, -0.25) is 14.9 Å². The zero-order valence-electron chi connectivity index (χ0n) is 12.1. The summed E-state index contributed by atoms with van der Waals surface area (Å²) < 4.78 is 11.1. The normalized spacial score (nSPS) is 22.7. The minimum atomic E-state index is -0.472. The number of hydrogen-bond acceptors (Lipinski definition) is 5. The number of non-ortho nitro benzene ring substituents is 1. The Hall–Kier alpha value is -1.99. The van der Waals surface area contributed by atoms with E-state index in [0.717, 1.165) is 12.8 Å². The zero-order valence-corrected chi connectivity index (χ0v) is 12.1. The van der Waals surface area contributed by atoms with Gasteiger partial charge < -0.3 is 14.4 Å². The molecule has 22 heavy (non-hydrogen) atoms. The fourth-order valence-electron chi connectivity index (χ4n) is 2.97. The predicted octanol–water partition coefficient (Wildman–Crippen LogP) is 1.82. The van der Waals surface area contributed by atoms with Gasteiger partial charge in [0.1, 0.15) is 0 Å². The van der Waals surface area contributed by atoms with Crippen molar-refractivity contribution in [1.82, 2.24) is 4.90 Å². The number of piperidine rings is 1. The molecule has 0 N–H and O–H groups in total. The third kappa shape index (κ3) is 3.10. The lowest BCUT2D eigenvalue weighted by atomic mass is 9.96. The molecule has 2 aliphatic heterocycles. The molecule has 2 fully saturated rings. The Morgan fingerprint density at radius 3 is 2.55 bits per heavy atom. The summed E-state index contributed by atoms with van der Waals surface area (Å²) in [6.45, 7) is 2.51. The molecule has 1 amide bonds. The monoisotopic (exact) mass is 306 g/mol. The molecule has 7 heteroatoms. The number of benzene rings is 1. The van der Waals surface area contributed by atoms with Crippen LogP contribution in [0.5, 0.6) is 0 Å². The first-order valence-corrected chi connectivity index (χ1v) is 7.42. The Balaban J connectivity index is 1.67. The summed E-state index contributed by atoms with van der Waals surface area (Å²) >= 11 is 0. The molecule has 0 bridgehead atoms. The van der Waals surface area contributed by atoms with E-state index in [-0.39, 0.29) is 23.8 Å². The highest BCUT2D eigenvalue weighted by Crippen LogP contribution is 2.26. The standard InChI is InChI=1S/C15H18N2O5/c18-14(11-3-5-13(6-4-11)17(19)20)16-7-1-2-12(10-16)15-21-8-9-22-15/h3-6,12,15H,1-2,7-10H2. The number of nitrogens with zero attached hydrogens (tertiary/aromatic N) is 2. The first-order chi connectivity index (χ1) is 10.6. The van der Waals surface area contributed by atoms with Gasteiger partial charge >= 0.3 is 0 Å². The predicted molar refractivity (Wildman–Crippen MR) is 77.4 cm³/mol. The molecule has 1 aromatic rings. The molecule has 0 saturated carbocycles. The fraction of sp³-hybridized carbons (Fsp3) is 0.533. The van der Waals surface area contributed by atoms with Crippen molar-refractivity contribution in [2.24, 2.45) is 5.92 Å². The van der Waals surface area contributed by atoms with E-state index in [1.165, 1.54) is 24.3 Å². The lowest BCUT2D eigenvalue weighted by Crippen LogP contribution is -2.43.